The van der Waals surface area contributed by atoms with E-state index in [-0.39, 0.29) is 18.9 Å². The molecule has 1 atom stereocenters. The van der Waals surface area contributed by atoms with Gasteiger partial charge in [-0.1, -0.05) is 36.4 Å². The Bertz CT molecular complexity index is 668. The van der Waals surface area contributed by atoms with E-state index in [0.29, 0.717) is 0 Å². The second-order valence-corrected chi connectivity index (χ2v) is 5.51. The molecule has 0 radical (unpaired) electrons. The van der Waals surface area contributed by atoms with Crippen molar-refractivity contribution in [2.45, 2.75) is 32.9 Å². The first-order valence-electron chi connectivity index (χ1n) is 7.45. The van der Waals surface area contributed by atoms with Crippen molar-refractivity contribution in [1.82, 2.24) is 9.88 Å². The van der Waals surface area contributed by atoms with Gasteiger partial charge in [0.1, 0.15) is 6.04 Å². The number of aromatic nitrogens is 1. The van der Waals surface area contributed by atoms with Gasteiger partial charge in [-0.25, -0.2) is 4.79 Å². The fraction of sp³-hybridized carbons (Fsp3) is 0.278. The van der Waals surface area contributed by atoms with Crippen molar-refractivity contribution in [2.24, 2.45) is 0 Å². The first kappa shape index (κ1) is 16.7. The molecule has 0 spiro atoms. The molecule has 0 saturated heterocycles. The molecule has 0 bridgehead atoms. The predicted octanol–water partition coefficient (Wildman–Crippen LogP) is 2.43. The molecule has 5 heteroatoms. The van der Waals surface area contributed by atoms with Crippen molar-refractivity contribution in [2.75, 3.05) is 0 Å². The van der Waals surface area contributed by atoms with Crippen LogP contribution in [0.25, 0.3) is 0 Å². The quantitative estimate of drug-likeness (QED) is 0.889. The summed E-state index contributed by atoms with van der Waals surface area (Å²) in [6.45, 7) is 3.67. The van der Waals surface area contributed by atoms with Gasteiger partial charge in [0.25, 0.3) is 0 Å². The molecule has 1 unspecified atom stereocenters. The molecule has 0 saturated carbocycles. The van der Waals surface area contributed by atoms with E-state index in [2.05, 4.69) is 4.98 Å². The number of carboxylic acid groups (broad SMARTS) is 1. The average molecular weight is 312 g/mol. The number of amides is 1. The first-order chi connectivity index (χ1) is 11.0. The fourth-order valence-electron chi connectivity index (χ4n) is 2.23. The highest BCUT2D eigenvalue weighted by molar-refractivity contribution is 5.84. The molecule has 23 heavy (non-hydrogen) atoms. The summed E-state index contributed by atoms with van der Waals surface area (Å²) in [5, 5.41) is 9.28. The number of carbonyl (C=O) groups excluding carboxylic acids is 1. The summed E-state index contributed by atoms with van der Waals surface area (Å²) in [5.41, 5.74) is 2.55. The standard InChI is InChI=1S/C18H20N2O3/c1-13-8-9-16(11-19-13)10-17(21)20(14(2)18(22)23)12-15-6-4-3-5-7-15/h3-9,11,14H,10,12H2,1-2H3,(H,22,23). The third-order valence-electron chi connectivity index (χ3n) is 3.67. The number of carboxylic acids is 1. The molecule has 1 aromatic carbocycles. The molecule has 1 aromatic heterocycles. The Morgan fingerprint density at radius 1 is 1.13 bits per heavy atom. The van der Waals surface area contributed by atoms with Gasteiger partial charge in [0.05, 0.1) is 6.42 Å². The van der Waals surface area contributed by atoms with Gasteiger partial charge < -0.3 is 10.0 Å². The summed E-state index contributed by atoms with van der Waals surface area (Å²) < 4.78 is 0. The number of benzene rings is 1. The third kappa shape index (κ3) is 4.64. The van der Waals surface area contributed by atoms with Crippen LogP contribution in [0.2, 0.25) is 0 Å². The van der Waals surface area contributed by atoms with Crippen LogP contribution in [0.4, 0.5) is 0 Å². The highest BCUT2D eigenvalue weighted by atomic mass is 16.4. The summed E-state index contributed by atoms with van der Waals surface area (Å²) in [4.78, 5) is 29.5. The lowest BCUT2D eigenvalue weighted by Crippen LogP contribution is -2.43. The molecule has 0 fully saturated rings. The minimum absolute atomic E-state index is 0.137. The summed E-state index contributed by atoms with van der Waals surface area (Å²) in [7, 11) is 0. The average Bonchev–Trinajstić information content (AvgIpc) is 2.55. The van der Waals surface area contributed by atoms with Crippen LogP contribution in [0.1, 0.15) is 23.7 Å². The van der Waals surface area contributed by atoms with E-state index in [4.69, 9.17) is 0 Å². The monoisotopic (exact) mass is 312 g/mol. The highest BCUT2D eigenvalue weighted by Gasteiger charge is 2.25. The molecule has 2 rings (SSSR count). The summed E-state index contributed by atoms with van der Waals surface area (Å²) in [6, 6.07) is 12.2. The van der Waals surface area contributed by atoms with Crippen LogP contribution in [0, 0.1) is 6.92 Å². The van der Waals surface area contributed by atoms with E-state index in [1.807, 2.05) is 49.4 Å². The second kappa shape index (κ2) is 7.54. The Kier molecular flexibility index (Phi) is 5.46. The maximum absolute atomic E-state index is 12.6. The van der Waals surface area contributed by atoms with Gasteiger partial charge in [-0.3, -0.25) is 9.78 Å². The van der Waals surface area contributed by atoms with Crippen LogP contribution in [0.5, 0.6) is 0 Å². The largest absolute Gasteiger partial charge is 0.480 e. The smallest absolute Gasteiger partial charge is 0.326 e. The van der Waals surface area contributed by atoms with Crippen LogP contribution in [-0.2, 0) is 22.6 Å². The van der Waals surface area contributed by atoms with Gasteiger partial charge in [-0.05, 0) is 31.0 Å². The maximum Gasteiger partial charge on any atom is 0.326 e. The number of hydrogen-bond acceptors (Lipinski definition) is 3. The number of aryl methyl sites for hydroxylation is 1. The molecular weight excluding hydrogens is 292 g/mol. The van der Waals surface area contributed by atoms with Gasteiger partial charge >= 0.3 is 5.97 Å². The zero-order chi connectivity index (χ0) is 16.8. The topological polar surface area (TPSA) is 70.5 Å². The van der Waals surface area contributed by atoms with E-state index in [9.17, 15) is 14.7 Å². The van der Waals surface area contributed by atoms with Crippen LogP contribution in [0.3, 0.4) is 0 Å². The lowest BCUT2D eigenvalue weighted by molar-refractivity contribution is -0.149. The fourth-order valence-corrected chi connectivity index (χ4v) is 2.23. The molecule has 0 aliphatic rings. The second-order valence-electron chi connectivity index (χ2n) is 5.51. The van der Waals surface area contributed by atoms with Gasteiger partial charge in [-0.15, -0.1) is 0 Å². The Morgan fingerprint density at radius 3 is 2.39 bits per heavy atom. The lowest BCUT2D eigenvalue weighted by Gasteiger charge is -2.26. The Balaban J connectivity index is 2.16. The number of pyridine rings is 1. The van der Waals surface area contributed by atoms with E-state index >= 15 is 0 Å². The van der Waals surface area contributed by atoms with Crippen molar-refractivity contribution >= 4 is 11.9 Å². The Hall–Kier alpha value is -2.69. The normalized spacial score (nSPS) is 11.7. The van der Waals surface area contributed by atoms with Crippen molar-refractivity contribution in [1.29, 1.82) is 0 Å². The van der Waals surface area contributed by atoms with Crippen LogP contribution in [0.15, 0.2) is 48.7 Å². The van der Waals surface area contributed by atoms with Gasteiger partial charge in [0, 0.05) is 18.4 Å². The van der Waals surface area contributed by atoms with E-state index in [1.54, 1.807) is 6.20 Å². The Labute approximate surface area is 135 Å². The van der Waals surface area contributed by atoms with E-state index in [0.717, 1.165) is 16.8 Å². The minimum Gasteiger partial charge on any atom is -0.480 e. The molecular formula is C18H20N2O3. The zero-order valence-corrected chi connectivity index (χ0v) is 13.3. The number of aliphatic carboxylic acids is 1. The number of carbonyl (C=O) groups is 2. The van der Waals surface area contributed by atoms with E-state index < -0.39 is 12.0 Å². The Morgan fingerprint density at radius 2 is 1.83 bits per heavy atom. The highest BCUT2D eigenvalue weighted by Crippen LogP contribution is 2.12. The molecule has 1 heterocycles. The molecule has 2 aromatic rings. The zero-order valence-electron chi connectivity index (χ0n) is 13.3. The third-order valence-corrected chi connectivity index (χ3v) is 3.67. The first-order valence-corrected chi connectivity index (χ1v) is 7.45. The molecule has 120 valence electrons. The van der Waals surface area contributed by atoms with Crippen molar-refractivity contribution in [3.63, 3.8) is 0 Å². The summed E-state index contributed by atoms with van der Waals surface area (Å²) >= 11 is 0. The predicted molar refractivity (Wildman–Crippen MR) is 86.8 cm³/mol. The molecule has 1 N–H and O–H groups in total. The van der Waals surface area contributed by atoms with Gasteiger partial charge in [0.15, 0.2) is 0 Å². The molecule has 1 amide bonds. The van der Waals surface area contributed by atoms with Crippen LogP contribution in [-0.4, -0.2) is 32.9 Å². The number of nitrogens with zero attached hydrogens (tertiary/aromatic N) is 2. The minimum atomic E-state index is -1.02. The van der Waals surface area contributed by atoms with Gasteiger partial charge in [-0.2, -0.15) is 0 Å². The summed E-state index contributed by atoms with van der Waals surface area (Å²) in [6.07, 6.45) is 1.79. The number of hydrogen-bond donors (Lipinski definition) is 1. The maximum atomic E-state index is 12.6. The molecule has 0 aliphatic carbocycles. The SMILES string of the molecule is Cc1ccc(CC(=O)N(Cc2ccccc2)C(C)C(=O)O)cn1. The van der Waals surface area contributed by atoms with Crippen LogP contribution >= 0.6 is 0 Å². The molecule has 0 aliphatic heterocycles. The van der Waals surface area contributed by atoms with Crippen molar-refractivity contribution in [3.05, 3.63) is 65.5 Å². The molecule has 5 nitrogen and oxygen atoms in total. The lowest BCUT2D eigenvalue weighted by atomic mass is 10.1. The van der Waals surface area contributed by atoms with E-state index in [1.165, 1.54) is 11.8 Å². The van der Waals surface area contributed by atoms with Crippen molar-refractivity contribution < 1.29 is 14.7 Å². The van der Waals surface area contributed by atoms with Crippen molar-refractivity contribution in [3.8, 4) is 0 Å². The summed E-state index contributed by atoms with van der Waals surface area (Å²) in [5.74, 6) is -1.24. The van der Waals surface area contributed by atoms with Gasteiger partial charge in [0.2, 0.25) is 5.91 Å². The van der Waals surface area contributed by atoms with Crippen LogP contribution < -0.4 is 0 Å². The number of rotatable bonds is 6.